The molecule has 1 saturated heterocycles. The molecule has 1 amide bonds. The maximum Gasteiger partial charge on any atom is 0.407 e. The Labute approximate surface area is 139 Å². The SMILES string of the molecule is CC(C)(C)OC(=O)N[C@H]1CCN(c2ccc(Cl)cc2[N+](=O)[O-])C1. The highest BCUT2D eigenvalue weighted by atomic mass is 35.5. The lowest BCUT2D eigenvalue weighted by Crippen LogP contribution is -2.40. The molecule has 7 nitrogen and oxygen atoms in total. The minimum absolute atomic E-state index is 0.0320. The molecule has 1 aliphatic rings. The molecule has 126 valence electrons. The van der Waals surface area contributed by atoms with E-state index in [-0.39, 0.29) is 11.7 Å². The monoisotopic (exact) mass is 341 g/mol. The zero-order chi connectivity index (χ0) is 17.2. The summed E-state index contributed by atoms with van der Waals surface area (Å²) in [4.78, 5) is 24.4. The van der Waals surface area contributed by atoms with E-state index in [0.717, 1.165) is 0 Å². The summed E-state index contributed by atoms with van der Waals surface area (Å²) in [6.45, 7) is 6.49. The number of amides is 1. The molecule has 1 atom stereocenters. The van der Waals surface area contributed by atoms with Crippen LogP contribution in [0.4, 0.5) is 16.2 Å². The number of nitrogens with one attached hydrogen (secondary N) is 1. The van der Waals surface area contributed by atoms with E-state index in [1.165, 1.54) is 6.07 Å². The summed E-state index contributed by atoms with van der Waals surface area (Å²) in [5, 5.41) is 14.3. The number of nitrogens with zero attached hydrogens (tertiary/aromatic N) is 2. The van der Waals surface area contributed by atoms with Crippen molar-refractivity contribution in [1.82, 2.24) is 5.32 Å². The van der Waals surface area contributed by atoms with Gasteiger partial charge in [0.1, 0.15) is 11.3 Å². The summed E-state index contributed by atoms with van der Waals surface area (Å²) >= 11 is 5.83. The molecule has 1 N–H and O–H groups in total. The van der Waals surface area contributed by atoms with E-state index in [2.05, 4.69) is 5.32 Å². The summed E-state index contributed by atoms with van der Waals surface area (Å²) < 4.78 is 5.22. The van der Waals surface area contributed by atoms with Crippen molar-refractivity contribution >= 4 is 29.1 Å². The standard InChI is InChI=1S/C15H20ClN3O4/c1-15(2,3)23-14(20)17-11-6-7-18(9-11)12-5-4-10(16)8-13(12)19(21)22/h4-5,8,11H,6-7,9H2,1-3H3,(H,17,20)/t11-/m0/s1. The van der Waals surface area contributed by atoms with Crippen LogP contribution in [0.5, 0.6) is 0 Å². The normalized spacial score (nSPS) is 17.9. The van der Waals surface area contributed by atoms with Gasteiger partial charge >= 0.3 is 6.09 Å². The first-order valence-corrected chi connectivity index (χ1v) is 7.72. The van der Waals surface area contributed by atoms with Gasteiger partial charge in [-0.25, -0.2) is 4.79 Å². The van der Waals surface area contributed by atoms with Crippen LogP contribution in [-0.2, 0) is 4.74 Å². The largest absolute Gasteiger partial charge is 0.444 e. The van der Waals surface area contributed by atoms with E-state index in [0.29, 0.717) is 30.2 Å². The number of benzene rings is 1. The number of nitro benzene ring substituents is 1. The van der Waals surface area contributed by atoms with Crippen LogP contribution in [0, 0.1) is 10.1 Å². The molecule has 1 aliphatic heterocycles. The fraction of sp³-hybridized carbons (Fsp3) is 0.533. The summed E-state index contributed by atoms with van der Waals surface area (Å²) in [7, 11) is 0. The van der Waals surface area contributed by atoms with Crippen molar-refractivity contribution < 1.29 is 14.5 Å². The lowest BCUT2D eigenvalue weighted by atomic mass is 10.2. The number of nitro groups is 1. The number of carbonyl (C=O) groups is 1. The number of hydrogen-bond acceptors (Lipinski definition) is 5. The molecule has 0 aliphatic carbocycles. The Hall–Kier alpha value is -2.02. The third-order valence-corrected chi connectivity index (χ3v) is 3.62. The Morgan fingerprint density at radius 1 is 1.48 bits per heavy atom. The predicted molar refractivity (Wildman–Crippen MR) is 88.1 cm³/mol. The van der Waals surface area contributed by atoms with Crippen molar-refractivity contribution in [3.8, 4) is 0 Å². The average Bonchev–Trinajstić information content (AvgIpc) is 2.84. The van der Waals surface area contributed by atoms with Gasteiger partial charge in [0.2, 0.25) is 0 Å². The van der Waals surface area contributed by atoms with Crippen molar-refractivity contribution in [2.24, 2.45) is 0 Å². The fourth-order valence-electron chi connectivity index (χ4n) is 2.48. The number of anilines is 1. The topological polar surface area (TPSA) is 84.7 Å². The first-order valence-electron chi connectivity index (χ1n) is 7.34. The average molecular weight is 342 g/mol. The summed E-state index contributed by atoms with van der Waals surface area (Å²) in [6.07, 6.45) is 0.217. The highest BCUT2D eigenvalue weighted by Gasteiger charge is 2.29. The molecule has 0 bridgehead atoms. The van der Waals surface area contributed by atoms with Gasteiger partial charge in [0, 0.05) is 24.2 Å². The Bertz CT molecular complexity index is 615. The minimum atomic E-state index is -0.558. The van der Waals surface area contributed by atoms with Gasteiger partial charge in [-0.15, -0.1) is 0 Å². The first kappa shape index (κ1) is 17.3. The number of rotatable bonds is 3. The molecule has 1 heterocycles. The van der Waals surface area contributed by atoms with Crippen LogP contribution >= 0.6 is 11.6 Å². The zero-order valence-electron chi connectivity index (χ0n) is 13.3. The highest BCUT2D eigenvalue weighted by Crippen LogP contribution is 2.33. The lowest BCUT2D eigenvalue weighted by Gasteiger charge is -2.22. The van der Waals surface area contributed by atoms with E-state index in [4.69, 9.17) is 16.3 Å². The van der Waals surface area contributed by atoms with Crippen molar-refractivity contribution in [2.75, 3.05) is 18.0 Å². The molecule has 0 saturated carbocycles. The molecular formula is C15H20ClN3O4. The molecule has 1 aromatic carbocycles. The quantitative estimate of drug-likeness (QED) is 0.673. The van der Waals surface area contributed by atoms with Gasteiger partial charge in [-0.1, -0.05) is 11.6 Å². The molecule has 2 rings (SSSR count). The minimum Gasteiger partial charge on any atom is -0.444 e. The first-order chi connectivity index (χ1) is 10.7. The summed E-state index contributed by atoms with van der Waals surface area (Å²) in [5.74, 6) is 0. The maximum absolute atomic E-state index is 11.8. The Balaban J connectivity index is 2.03. The molecule has 0 spiro atoms. The van der Waals surface area contributed by atoms with Crippen LogP contribution < -0.4 is 10.2 Å². The molecule has 1 aromatic rings. The van der Waals surface area contributed by atoms with Crippen LogP contribution in [0.15, 0.2) is 18.2 Å². The van der Waals surface area contributed by atoms with E-state index in [1.54, 1.807) is 32.9 Å². The highest BCUT2D eigenvalue weighted by molar-refractivity contribution is 6.30. The Morgan fingerprint density at radius 3 is 2.78 bits per heavy atom. The second-order valence-corrected chi connectivity index (χ2v) is 6.90. The number of ether oxygens (including phenoxy) is 1. The van der Waals surface area contributed by atoms with Crippen LogP contribution in [0.3, 0.4) is 0 Å². The van der Waals surface area contributed by atoms with Crippen LogP contribution in [0.1, 0.15) is 27.2 Å². The van der Waals surface area contributed by atoms with E-state index < -0.39 is 16.6 Å². The van der Waals surface area contributed by atoms with Gasteiger partial charge in [-0.2, -0.15) is 0 Å². The number of carbonyl (C=O) groups excluding carboxylic acids is 1. The second kappa shape index (κ2) is 6.62. The summed E-state index contributed by atoms with van der Waals surface area (Å²) in [6, 6.07) is 4.49. The van der Waals surface area contributed by atoms with Crippen molar-refractivity contribution in [2.45, 2.75) is 38.8 Å². The van der Waals surface area contributed by atoms with Crippen LogP contribution in [0.2, 0.25) is 5.02 Å². The summed E-state index contributed by atoms with van der Waals surface area (Å²) in [5.41, 5.74) is -0.0829. The van der Waals surface area contributed by atoms with Crippen LogP contribution in [0.25, 0.3) is 0 Å². The van der Waals surface area contributed by atoms with Crippen molar-refractivity contribution in [3.63, 3.8) is 0 Å². The molecule has 0 radical (unpaired) electrons. The molecule has 1 fully saturated rings. The van der Waals surface area contributed by atoms with Crippen LogP contribution in [-0.4, -0.2) is 35.7 Å². The maximum atomic E-state index is 11.8. The molecule has 8 heteroatoms. The van der Waals surface area contributed by atoms with E-state index in [1.807, 2.05) is 4.90 Å². The number of alkyl carbamates (subject to hydrolysis) is 1. The number of halogens is 1. The third kappa shape index (κ3) is 4.72. The molecule has 23 heavy (non-hydrogen) atoms. The Morgan fingerprint density at radius 2 is 2.17 bits per heavy atom. The zero-order valence-corrected chi connectivity index (χ0v) is 14.1. The van der Waals surface area contributed by atoms with Gasteiger partial charge in [-0.3, -0.25) is 10.1 Å². The molecule has 0 aromatic heterocycles. The van der Waals surface area contributed by atoms with Crippen molar-refractivity contribution in [3.05, 3.63) is 33.3 Å². The van der Waals surface area contributed by atoms with E-state index >= 15 is 0 Å². The van der Waals surface area contributed by atoms with Crippen molar-refractivity contribution in [1.29, 1.82) is 0 Å². The third-order valence-electron chi connectivity index (χ3n) is 3.38. The molecular weight excluding hydrogens is 322 g/mol. The Kier molecular flexibility index (Phi) is 4.99. The number of hydrogen-bond donors (Lipinski definition) is 1. The van der Waals surface area contributed by atoms with Gasteiger partial charge in [-0.05, 0) is 39.3 Å². The van der Waals surface area contributed by atoms with Gasteiger partial charge in [0.15, 0.2) is 0 Å². The smallest absolute Gasteiger partial charge is 0.407 e. The molecule has 0 unspecified atom stereocenters. The second-order valence-electron chi connectivity index (χ2n) is 6.47. The predicted octanol–water partition coefficient (Wildman–Crippen LogP) is 3.35. The van der Waals surface area contributed by atoms with Gasteiger partial charge < -0.3 is 15.0 Å². The van der Waals surface area contributed by atoms with Gasteiger partial charge in [0.25, 0.3) is 5.69 Å². The van der Waals surface area contributed by atoms with Gasteiger partial charge in [0.05, 0.1) is 11.0 Å². The lowest BCUT2D eigenvalue weighted by molar-refractivity contribution is -0.384. The fourth-order valence-corrected chi connectivity index (χ4v) is 2.65. The van der Waals surface area contributed by atoms with E-state index in [9.17, 15) is 14.9 Å².